The van der Waals surface area contributed by atoms with E-state index in [1.54, 1.807) is 6.07 Å². The molecular formula is C19H13F3N2O6. The lowest BCUT2D eigenvalue weighted by molar-refractivity contribution is -0.386. The fourth-order valence-corrected chi connectivity index (χ4v) is 2.39. The van der Waals surface area contributed by atoms with E-state index in [9.17, 15) is 28.1 Å². The number of carbonyl (C=O) groups excluding carboxylic acids is 1. The number of anilines is 1. The highest BCUT2D eigenvalue weighted by Gasteiger charge is 2.31. The number of halogens is 3. The van der Waals surface area contributed by atoms with Crippen LogP contribution in [0, 0.1) is 10.1 Å². The molecule has 0 bridgehead atoms. The molecule has 1 heterocycles. The van der Waals surface area contributed by atoms with Crippen LogP contribution < -0.4 is 14.8 Å². The number of ether oxygens (including phenoxy) is 2. The van der Waals surface area contributed by atoms with Gasteiger partial charge in [0.2, 0.25) is 0 Å². The van der Waals surface area contributed by atoms with Gasteiger partial charge >= 0.3 is 12.0 Å². The fraction of sp³-hybridized carbons (Fsp3) is 0.105. The number of hydrogen-bond acceptors (Lipinski definition) is 6. The van der Waals surface area contributed by atoms with E-state index >= 15 is 0 Å². The zero-order valence-electron chi connectivity index (χ0n) is 15.0. The Labute approximate surface area is 167 Å². The summed E-state index contributed by atoms with van der Waals surface area (Å²) in [4.78, 5) is 22.6. The summed E-state index contributed by atoms with van der Waals surface area (Å²) in [5, 5.41) is 13.4. The number of furan rings is 1. The van der Waals surface area contributed by atoms with Gasteiger partial charge in [0.1, 0.15) is 18.1 Å². The van der Waals surface area contributed by atoms with Gasteiger partial charge in [0.25, 0.3) is 5.91 Å². The molecule has 0 radical (unpaired) electrons. The van der Waals surface area contributed by atoms with Crippen LogP contribution in [0.5, 0.6) is 11.5 Å². The Morgan fingerprint density at radius 3 is 2.43 bits per heavy atom. The van der Waals surface area contributed by atoms with E-state index in [2.05, 4.69) is 10.1 Å². The van der Waals surface area contributed by atoms with Gasteiger partial charge < -0.3 is 19.2 Å². The van der Waals surface area contributed by atoms with Gasteiger partial charge in [0, 0.05) is 11.8 Å². The Balaban J connectivity index is 1.59. The molecule has 0 aliphatic heterocycles. The summed E-state index contributed by atoms with van der Waals surface area (Å²) < 4.78 is 51.0. The van der Waals surface area contributed by atoms with E-state index in [0.29, 0.717) is 0 Å². The molecule has 0 aliphatic carbocycles. The summed E-state index contributed by atoms with van der Waals surface area (Å²) in [5.41, 5.74) is 0.0172. The standard InChI is InChI=1S/C19H13F3N2O6/c20-19(21,22)30-13-7-5-12(6-8-13)23-18(25)17-10-9-14(29-17)11-28-16-4-2-1-3-15(16)24(26)27/h1-10H,11H2,(H,23,25). The minimum absolute atomic E-state index is 0.0473. The first kappa shape index (κ1) is 20.7. The lowest BCUT2D eigenvalue weighted by Gasteiger charge is -2.09. The first-order valence-corrected chi connectivity index (χ1v) is 8.33. The second-order valence-corrected chi connectivity index (χ2v) is 5.81. The maximum absolute atomic E-state index is 12.2. The second-order valence-electron chi connectivity index (χ2n) is 5.81. The van der Waals surface area contributed by atoms with Gasteiger partial charge in [0.05, 0.1) is 4.92 Å². The van der Waals surface area contributed by atoms with E-state index in [-0.39, 0.29) is 35.3 Å². The summed E-state index contributed by atoms with van der Waals surface area (Å²) >= 11 is 0. The average molecular weight is 422 g/mol. The molecule has 8 nitrogen and oxygen atoms in total. The van der Waals surface area contributed by atoms with Crippen molar-refractivity contribution in [1.82, 2.24) is 0 Å². The third-order valence-corrected chi connectivity index (χ3v) is 3.66. The van der Waals surface area contributed by atoms with Gasteiger partial charge in [-0.05, 0) is 42.5 Å². The zero-order valence-corrected chi connectivity index (χ0v) is 15.0. The first-order valence-electron chi connectivity index (χ1n) is 8.33. The van der Waals surface area contributed by atoms with Gasteiger partial charge in [-0.3, -0.25) is 14.9 Å². The molecule has 0 unspecified atom stereocenters. The maximum Gasteiger partial charge on any atom is 0.573 e. The number of nitro benzene ring substituents is 1. The molecule has 1 aromatic heterocycles. The number of benzene rings is 2. The van der Waals surface area contributed by atoms with Crippen LogP contribution in [-0.2, 0) is 6.61 Å². The van der Waals surface area contributed by atoms with Crippen LogP contribution in [-0.4, -0.2) is 17.2 Å². The molecule has 3 aromatic rings. The van der Waals surface area contributed by atoms with Crippen LogP contribution >= 0.6 is 0 Å². The predicted octanol–water partition coefficient (Wildman–Crippen LogP) is 4.92. The summed E-state index contributed by atoms with van der Waals surface area (Å²) in [6.45, 7) is -0.151. The quantitative estimate of drug-likeness (QED) is 0.428. The van der Waals surface area contributed by atoms with E-state index in [0.717, 1.165) is 12.1 Å². The molecule has 11 heteroatoms. The van der Waals surface area contributed by atoms with Gasteiger partial charge in [0.15, 0.2) is 11.5 Å². The highest BCUT2D eigenvalue weighted by Crippen LogP contribution is 2.27. The largest absolute Gasteiger partial charge is 0.573 e. The van der Waals surface area contributed by atoms with E-state index in [1.165, 1.54) is 42.5 Å². The van der Waals surface area contributed by atoms with Crippen molar-refractivity contribution in [3.05, 3.63) is 82.3 Å². The molecule has 1 amide bonds. The van der Waals surface area contributed by atoms with Crippen LogP contribution in [0.3, 0.4) is 0 Å². The molecule has 0 saturated carbocycles. The van der Waals surface area contributed by atoms with Crippen molar-refractivity contribution in [2.24, 2.45) is 0 Å². The number of amides is 1. The molecule has 2 aromatic carbocycles. The van der Waals surface area contributed by atoms with Gasteiger partial charge in [-0.15, -0.1) is 13.2 Å². The number of nitrogens with one attached hydrogen (secondary N) is 1. The van der Waals surface area contributed by atoms with E-state index in [1.807, 2.05) is 0 Å². The third kappa shape index (κ3) is 5.50. The molecule has 3 rings (SSSR count). The third-order valence-electron chi connectivity index (χ3n) is 3.66. The van der Waals surface area contributed by atoms with E-state index in [4.69, 9.17) is 9.15 Å². The fourth-order valence-electron chi connectivity index (χ4n) is 2.39. The number of carbonyl (C=O) groups is 1. The molecular weight excluding hydrogens is 409 g/mol. The number of para-hydroxylation sites is 2. The topological polar surface area (TPSA) is 104 Å². The molecule has 0 saturated heterocycles. The predicted molar refractivity (Wildman–Crippen MR) is 97.2 cm³/mol. The molecule has 30 heavy (non-hydrogen) atoms. The van der Waals surface area contributed by atoms with E-state index < -0.39 is 22.9 Å². The van der Waals surface area contributed by atoms with Crippen molar-refractivity contribution < 1.29 is 36.8 Å². The molecule has 0 fully saturated rings. The van der Waals surface area contributed by atoms with Crippen LogP contribution in [0.2, 0.25) is 0 Å². The van der Waals surface area contributed by atoms with Crippen LogP contribution in [0.25, 0.3) is 0 Å². The molecule has 0 spiro atoms. The van der Waals surface area contributed by atoms with Crippen LogP contribution in [0.1, 0.15) is 16.3 Å². The summed E-state index contributed by atoms with van der Waals surface area (Å²) in [7, 11) is 0. The van der Waals surface area contributed by atoms with Gasteiger partial charge in [-0.25, -0.2) is 0 Å². The Bertz CT molecular complexity index is 1050. The summed E-state index contributed by atoms with van der Waals surface area (Å²) in [6, 6.07) is 13.2. The second kappa shape index (κ2) is 8.55. The molecule has 0 atom stereocenters. The number of nitro groups is 1. The Kier molecular flexibility index (Phi) is 5.90. The number of alkyl halides is 3. The first-order chi connectivity index (χ1) is 14.2. The monoisotopic (exact) mass is 422 g/mol. The van der Waals surface area contributed by atoms with Crippen LogP contribution in [0.15, 0.2) is 65.1 Å². The summed E-state index contributed by atoms with van der Waals surface area (Å²) in [6.07, 6.45) is -4.81. The van der Waals surface area contributed by atoms with Crippen molar-refractivity contribution in [2.45, 2.75) is 13.0 Å². The van der Waals surface area contributed by atoms with Crippen molar-refractivity contribution in [3.63, 3.8) is 0 Å². The highest BCUT2D eigenvalue weighted by molar-refractivity contribution is 6.02. The number of nitrogens with zero attached hydrogens (tertiary/aromatic N) is 1. The van der Waals surface area contributed by atoms with Crippen molar-refractivity contribution >= 4 is 17.3 Å². The Hall–Kier alpha value is -4.02. The van der Waals surface area contributed by atoms with Crippen LogP contribution in [0.4, 0.5) is 24.5 Å². The average Bonchev–Trinajstić information content (AvgIpc) is 3.16. The van der Waals surface area contributed by atoms with Crippen molar-refractivity contribution in [1.29, 1.82) is 0 Å². The van der Waals surface area contributed by atoms with Crippen molar-refractivity contribution in [3.8, 4) is 11.5 Å². The molecule has 156 valence electrons. The zero-order chi connectivity index (χ0) is 21.7. The summed E-state index contributed by atoms with van der Waals surface area (Å²) in [5.74, 6) is -0.852. The normalized spacial score (nSPS) is 11.0. The highest BCUT2D eigenvalue weighted by atomic mass is 19.4. The van der Waals surface area contributed by atoms with Crippen molar-refractivity contribution in [2.75, 3.05) is 5.32 Å². The van der Waals surface area contributed by atoms with Gasteiger partial charge in [-0.1, -0.05) is 12.1 Å². The number of rotatable bonds is 7. The minimum Gasteiger partial charge on any atom is -0.479 e. The lowest BCUT2D eigenvalue weighted by Crippen LogP contribution is -2.17. The Morgan fingerprint density at radius 1 is 1.07 bits per heavy atom. The Morgan fingerprint density at radius 2 is 1.77 bits per heavy atom. The molecule has 0 aliphatic rings. The SMILES string of the molecule is O=C(Nc1ccc(OC(F)(F)F)cc1)c1ccc(COc2ccccc2[N+](=O)[O-])o1. The minimum atomic E-state index is -4.81. The smallest absolute Gasteiger partial charge is 0.479 e. The van der Waals surface area contributed by atoms with Gasteiger partial charge in [-0.2, -0.15) is 0 Å². The maximum atomic E-state index is 12.2. The molecule has 1 N–H and O–H groups in total. The number of hydrogen-bond donors (Lipinski definition) is 1. The lowest BCUT2D eigenvalue weighted by atomic mass is 10.3.